The molecule has 0 amide bonds. The standard InChI is InChI=1S/C14H16NO4P/c1-18-20(17,19-2)13-11-7-3-4-8-12(11)15(14(13)16)9-5-6-10-15/h3-8H,9-10H2,1-2H3. The van der Waals surface area contributed by atoms with E-state index in [0.717, 1.165) is 5.69 Å². The molecule has 2 aliphatic rings. The van der Waals surface area contributed by atoms with Crippen molar-refractivity contribution in [2.45, 2.75) is 0 Å². The van der Waals surface area contributed by atoms with Crippen LogP contribution in [0.1, 0.15) is 5.56 Å². The molecule has 1 aromatic rings. The highest BCUT2D eigenvalue weighted by Crippen LogP contribution is 2.65. The molecule has 106 valence electrons. The van der Waals surface area contributed by atoms with E-state index in [0.29, 0.717) is 18.7 Å². The molecule has 1 aromatic carbocycles. The molecule has 2 heterocycles. The summed E-state index contributed by atoms with van der Waals surface area (Å²) < 4.78 is 23.0. The number of para-hydroxylation sites is 1. The molecule has 5 nitrogen and oxygen atoms in total. The maximum absolute atomic E-state index is 12.9. The van der Waals surface area contributed by atoms with Crippen molar-refractivity contribution in [1.29, 1.82) is 0 Å². The van der Waals surface area contributed by atoms with Crippen LogP contribution in [-0.4, -0.2) is 27.3 Å². The topological polar surface area (TPSA) is 58.6 Å². The zero-order valence-corrected chi connectivity index (χ0v) is 12.3. The smallest absolute Gasteiger partial charge is 0.366 e. The summed E-state index contributed by atoms with van der Waals surface area (Å²) in [5.74, 6) is -0.191. The van der Waals surface area contributed by atoms with E-state index in [2.05, 4.69) is 0 Å². The molecule has 0 saturated heterocycles. The minimum atomic E-state index is -3.57. The molecule has 0 atom stereocenters. The average Bonchev–Trinajstić information content (AvgIpc) is 3.06. The summed E-state index contributed by atoms with van der Waals surface area (Å²) in [5, 5.41) is 13.1. The van der Waals surface area contributed by atoms with Crippen LogP contribution in [0.3, 0.4) is 0 Å². The van der Waals surface area contributed by atoms with Crippen molar-refractivity contribution in [2.75, 3.05) is 27.3 Å². The predicted molar refractivity (Wildman–Crippen MR) is 75.7 cm³/mol. The van der Waals surface area contributed by atoms with Gasteiger partial charge in [0.25, 0.3) is 0 Å². The lowest BCUT2D eigenvalue weighted by Crippen LogP contribution is -2.48. The number of rotatable bonds is 3. The van der Waals surface area contributed by atoms with E-state index in [-0.39, 0.29) is 15.7 Å². The summed E-state index contributed by atoms with van der Waals surface area (Å²) in [6.45, 7) is 1.15. The van der Waals surface area contributed by atoms with E-state index >= 15 is 0 Å². The Balaban J connectivity index is 2.28. The van der Waals surface area contributed by atoms with E-state index in [1.807, 2.05) is 30.4 Å². The normalized spacial score (nSPS) is 19.9. The van der Waals surface area contributed by atoms with Crippen molar-refractivity contribution in [3.8, 4) is 0 Å². The third-order valence-electron chi connectivity index (χ3n) is 3.97. The molecule has 0 N–H and O–H groups in total. The summed E-state index contributed by atoms with van der Waals surface area (Å²) in [7, 11) is -0.965. The number of nitrogens with zero attached hydrogens (tertiary/aromatic N) is 1. The highest BCUT2D eigenvalue weighted by atomic mass is 31.2. The molecule has 6 heteroatoms. The monoisotopic (exact) mass is 293 g/mol. The van der Waals surface area contributed by atoms with Crippen LogP contribution in [0.15, 0.2) is 42.3 Å². The minimum Gasteiger partial charge on any atom is -0.830 e. The van der Waals surface area contributed by atoms with Crippen molar-refractivity contribution in [1.82, 2.24) is 4.48 Å². The van der Waals surface area contributed by atoms with E-state index in [1.54, 1.807) is 6.07 Å². The van der Waals surface area contributed by atoms with Gasteiger partial charge >= 0.3 is 7.60 Å². The highest BCUT2D eigenvalue weighted by molar-refractivity contribution is 7.65. The lowest BCUT2D eigenvalue weighted by atomic mass is 10.2. The van der Waals surface area contributed by atoms with Gasteiger partial charge in [0.15, 0.2) is 0 Å². The van der Waals surface area contributed by atoms with E-state index in [9.17, 15) is 9.67 Å². The molecule has 20 heavy (non-hydrogen) atoms. The van der Waals surface area contributed by atoms with Gasteiger partial charge in [-0.2, -0.15) is 0 Å². The number of fused-ring (bicyclic) bond motifs is 2. The first-order chi connectivity index (χ1) is 9.59. The third kappa shape index (κ3) is 1.58. The fourth-order valence-corrected chi connectivity index (χ4v) is 4.37. The minimum absolute atomic E-state index is 0.155. The molecule has 0 bridgehead atoms. The zero-order chi connectivity index (χ0) is 14.4. The molecule has 0 aromatic heterocycles. The Morgan fingerprint density at radius 2 is 1.75 bits per heavy atom. The molecular formula is C14H16NO4P. The van der Waals surface area contributed by atoms with Gasteiger partial charge < -0.3 is 14.2 Å². The predicted octanol–water partition coefficient (Wildman–Crippen LogP) is 2.05. The van der Waals surface area contributed by atoms with Crippen LogP contribution < -0.4 is 9.59 Å². The number of quaternary nitrogens is 1. The average molecular weight is 293 g/mol. The Labute approximate surface area is 117 Å². The van der Waals surface area contributed by atoms with Gasteiger partial charge in [0.05, 0.1) is 11.4 Å². The molecule has 0 unspecified atom stereocenters. The summed E-state index contributed by atoms with van der Waals surface area (Å²) in [6, 6.07) is 7.42. The van der Waals surface area contributed by atoms with Crippen LogP contribution in [0.2, 0.25) is 0 Å². The van der Waals surface area contributed by atoms with Crippen LogP contribution in [-0.2, 0) is 13.6 Å². The first-order valence-corrected chi connectivity index (χ1v) is 7.89. The molecule has 3 rings (SSSR count). The maximum Gasteiger partial charge on any atom is 0.366 e. The van der Waals surface area contributed by atoms with Gasteiger partial charge in [0.2, 0.25) is 0 Å². The summed E-state index contributed by atoms with van der Waals surface area (Å²) in [6.07, 6.45) is 3.95. The molecule has 2 aliphatic heterocycles. The number of benzene rings is 1. The van der Waals surface area contributed by atoms with Crippen molar-refractivity contribution >= 4 is 18.6 Å². The van der Waals surface area contributed by atoms with Crippen molar-refractivity contribution in [3.05, 3.63) is 47.9 Å². The zero-order valence-electron chi connectivity index (χ0n) is 11.4. The van der Waals surface area contributed by atoms with Crippen LogP contribution in [0.4, 0.5) is 5.69 Å². The van der Waals surface area contributed by atoms with Gasteiger partial charge in [-0.3, -0.25) is 9.05 Å². The molecule has 0 saturated carbocycles. The Morgan fingerprint density at radius 3 is 2.35 bits per heavy atom. The van der Waals surface area contributed by atoms with Crippen molar-refractivity contribution in [3.63, 3.8) is 0 Å². The van der Waals surface area contributed by atoms with E-state index < -0.39 is 7.60 Å². The molecule has 0 radical (unpaired) electrons. The Bertz CT molecular complexity index is 649. The summed E-state index contributed by atoms with van der Waals surface area (Å²) in [4.78, 5) is 0. The first-order valence-electron chi connectivity index (χ1n) is 6.35. The maximum atomic E-state index is 12.9. The quantitative estimate of drug-likeness (QED) is 0.486. The van der Waals surface area contributed by atoms with Crippen LogP contribution in [0.25, 0.3) is 5.31 Å². The van der Waals surface area contributed by atoms with Crippen LogP contribution in [0.5, 0.6) is 0 Å². The van der Waals surface area contributed by atoms with Gasteiger partial charge in [-0.1, -0.05) is 12.1 Å². The third-order valence-corrected chi connectivity index (χ3v) is 5.91. The van der Waals surface area contributed by atoms with Crippen LogP contribution >= 0.6 is 7.60 Å². The second-order valence-electron chi connectivity index (χ2n) is 4.84. The molecular weight excluding hydrogens is 277 g/mol. The summed E-state index contributed by atoms with van der Waals surface area (Å²) in [5.41, 5.74) is 1.54. The van der Waals surface area contributed by atoms with Crippen molar-refractivity contribution < 1.29 is 18.7 Å². The van der Waals surface area contributed by atoms with Gasteiger partial charge in [0.1, 0.15) is 24.1 Å². The Hall–Kier alpha value is -1.39. The van der Waals surface area contributed by atoms with Crippen molar-refractivity contribution in [2.24, 2.45) is 0 Å². The van der Waals surface area contributed by atoms with Gasteiger partial charge in [0, 0.05) is 20.3 Å². The molecule has 0 fully saturated rings. The van der Waals surface area contributed by atoms with E-state index in [4.69, 9.17) is 9.05 Å². The lowest BCUT2D eigenvalue weighted by molar-refractivity contribution is -0.326. The van der Waals surface area contributed by atoms with Gasteiger partial charge in [-0.15, -0.1) is 0 Å². The summed E-state index contributed by atoms with van der Waals surface area (Å²) >= 11 is 0. The Kier molecular flexibility index (Phi) is 3.10. The fraction of sp³-hybridized carbons (Fsp3) is 0.286. The Morgan fingerprint density at radius 1 is 1.15 bits per heavy atom. The largest absolute Gasteiger partial charge is 0.830 e. The number of hydrogen-bond acceptors (Lipinski definition) is 4. The molecule has 0 aliphatic carbocycles. The first kappa shape index (κ1) is 13.6. The fourth-order valence-electron chi connectivity index (χ4n) is 2.94. The number of hydrogen-bond donors (Lipinski definition) is 0. The second kappa shape index (κ2) is 4.57. The lowest BCUT2D eigenvalue weighted by Gasteiger charge is -2.35. The van der Waals surface area contributed by atoms with E-state index in [1.165, 1.54) is 14.2 Å². The van der Waals surface area contributed by atoms with Crippen LogP contribution in [0, 0.1) is 0 Å². The van der Waals surface area contributed by atoms with Gasteiger partial charge in [-0.25, -0.2) is 0 Å². The second-order valence-corrected chi connectivity index (χ2v) is 7.01. The molecule has 1 spiro atoms. The van der Waals surface area contributed by atoms with Gasteiger partial charge in [-0.05, 0) is 18.2 Å². The highest BCUT2D eigenvalue weighted by Gasteiger charge is 2.48. The SMILES string of the molecule is COP(=O)(OC)C1=C([O-])[N+]2(CC=CC2)c2ccccc21.